The highest BCUT2D eigenvalue weighted by molar-refractivity contribution is 6.09. The van der Waals surface area contributed by atoms with Crippen molar-refractivity contribution in [2.75, 3.05) is 5.32 Å². The van der Waals surface area contributed by atoms with Crippen molar-refractivity contribution in [2.24, 2.45) is 0 Å². The maximum absolute atomic E-state index is 4.59. The molecule has 0 atom stereocenters. The van der Waals surface area contributed by atoms with E-state index in [0.717, 1.165) is 40.9 Å². The number of aryl methyl sites for hydroxylation is 1. The molecule has 0 saturated heterocycles. The van der Waals surface area contributed by atoms with Crippen molar-refractivity contribution in [3.63, 3.8) is 0 Å². The van der Waals surface area contributed by atoms with E-state index in [0.29, 0.717) is 0 Å². The third-order valence-corrected chi connectivity index (χ3v) is 6.24. The lowest BCUT2D eigenvalue weighted by molar-refractivity contribution is 0.827. The van der Waals surface area contributed by atoms with Crippen LogP contribution < -0.4 is 5.32 Å². The Labute approximate surface area is 191 Å². The van der Waals surface area contributed by atoms with Crippen molar-refractivity contribution in [2.45, 2.75) is 19.9 Å². The first-order valence-electron chi connectivity index (χ1n) is 11.2. The van der Waals surface area contributed by atoms with Gasteiger partial charge in [-0.15, -0.1) is 5.10 Å². The van der Waals surface area contributed by atoms with Crippen LogP contribution in [-0.2, 0) is 13.0 Å². The van der Waals surface area contributed by atoms with Crippen molar-refractivity contribution >= 4 is 44.1 Å². The van der Waals surface area contributed by atoms with Gasteiger partial charge in [-0.25, -0.2) is 0 Å². The van der Waals surface area contributed by atoms with E-state index in [1.165, 1.54) is 27.4 Å². The molecule has 0 fully saturated rings. The molecule has 0 amide bonds. The maximum Gasteiger partial charge on any atom is 0.160 e. The predicted octanol–water partition coefficient (Wildman–Crippen LogP) is 6.49. The molecule has 160 valence electrons. The Bertz CT molecular complexity index is 1600. The van der Waals surface area contributed by atoms with Gasteiger partial charge in [0.05, 0.1) is 5.69 Å². The Morgan fingerprint density at radius 2 is 1.45 bits per heavy atom. The van der Waals surface area contributed by atoms with Crippen LogP contribution in [0.4, 0.5) is 11.5 Å². The highest BCUT2D eigenvalue weighted by atomic mass is 15.2. The molecular formula is C28H23N5. The summed E-state index contributed by atoms with van der Waals surface area (Å²) in [5, 5.41) is 17.4. The molecule has 0 spiro atoms. The number of fused-ring (bicyclic) bond motifs is 4. The van der Waals surface area contributed by atoms with E-state index in [-0.39, 0.29) is 0 Å². The van der Waals surface area contributed by atoms with Crippen LogP contribution in [0.5, 0.6) is 0 Å². The van der Waals surface area contributed by atoms with Gasteiger partial charge < -0.3 is 9.88 Å². The standard InChI is InChI=1S/C28H23N5/c1-2-33-26-10-6-5-8-22(26)24-18-20(11-12-27(24)33)30-28-23-9-4-3-7-21(23)25(31-32-28)17-19-13-15-29-16-14-19/h3-16,18H,2,17H2,1H3,(H,30,32). The first-order chi connectivity index (χ1) is 16.3. The minimum atomic E-state index is 0.721. The molecule has 0 radical (unpaired) electrons. The van der Waals surface area contributed by atoms with Crippen LogP contribution in [0.3, 0.4) is 0 Å². The van der Waals surface area contributed by atoms with Gasteiger partial charge in [-0.3, -0.25) is 4.98 Å². The predicted molar refractivity (Wildman–Crippen MR) is 135 cm³/mol. The van der Waals surface area contributed by atoms with Gasteiger partial charge in [-0.1, -0.05) is 42.5 Å². The average Bonchev–Trinajstić information content (AvgIpc) is 3.19. The summed E-state index contributed by atoms with van der Waals surface area (Å²) in [4.78, 5) is 4.11. The molecule has 0 aliphatic rings. The zero-order chi connectivity index (χ0) is 22.2. The van der Waals surface area contributed by atoms with Gasteiger partial charge in [0.25, 0.3) is 0 Å². The fourth-order valence-electron chi connectivity index (χ4n) is 4.69. The van der Waals surface area contributed by atoms with E-state index in [1.54, 1.807) is 0 Å². The van der Waals surface area contributed by atoms with Gasteiger partial charge in [0, 0.05) is 63.6 Å². The Balaban J connectivity index is 1.42. The van der Waals surface area contributed by atoms with E-state index >= 15 is 0 Å². The Morgan fingerprint density at radius 3 is 2.27 bits per heavy atom. The number of pyridine rings is 1. The largest absolute Gasteiger partial charge is 0.341 e. The van der Waals surface area contributed by atoms with Crippen LogP contribution in [-0.4, -0.2) is 19.7 Å². The third kappa shape index (κ3) is 3.38. The van der Waals surface area contributed by atoms with Crippen LogP contribution in [0, 0.1) is 0 Å². The van der Waals surface area contributed by atoms with E-state index in [9.17, 15) is 0 Å². The Kier molecular flexibility index (Phi) is 4.73. The summed E-state index contributed by atoms with van der Waals surface area (Å²) in [5.74, 6) is 0.766. The van der Waals surface area contributed by atoms with Gasteiger partial charge >= 0.3 is 0 Å². The second-order valence-electron chi connectivity index (χ2n) is 8.19. The van der Waals surface area contributed by atoms with E-state index in [1.807, 2.05) is 30.6 Å². The van der Waals surface area contributed by atoms with Crippen molar-refractivity contribution in [3.8, 4) is 0 Å². The first-order valence-corrected chi connectivity index (χ1v) is 11.2. The van der Waals surface area contributed by atoms with Gasteiger partial charge in [0.2, 0.25) is 0 Å². The molecule has 0 saturated carbocycles. The topological polar surface area (TPSA) is 55.6 Å². The van der Waals surface area contributed by atoms with Crippen LogP contribution in [0.25, 0.3) is 32.6 Å². The maximum atomic E-state index is 4.59. The number of hydrogen-bond acceptors (Lipinski definition) is 4. The molecule has 0 aliphatic carbocycles. The highest BCUT2D eigenvalue weighted by Gasteiger charge is 2.13. The number of benzene rings is 3. The van der Waals surface area contributed by atoms with Gasteiger partial charge in [-0.05, 0) is 48.9 Å². The zero-order valence-corrected chi connectivity index (χ0v) is 18.4. The highest BCUT2D eigenvalue weighted by Crippen LogP contribution is 2.33. The number of nitrogens with one attached hydrogen (secondary N) is 1. The van der Waals surface area contributed by atoms with Crippen LogP contribution in [0.2, 0.25) is 0 Å². The molecule has 3 heterocycles. The van der Waals surface area contributed by atoms with Gasteiger partial charge in [0.1, 0.15) is 0 Å². The second kappa shape index (κ2) is 8.02. The van der Waals surface area contributed by atoms with Crippen molar-refractivity contribution < 1.29 is 0 Å². The molecule has 3 aromatic carbocycles. The molecule has 6 aromatic rings. The first kappa shape index (κ1) is 19.4. The fraction of sp³-hybridized carbons (Fsp3) is 0.107. The lowest BCUT2D eigenvalue weighted by Crippen LogP contribution is -2.02. The average molecular weight is 430 g/mol. The molecule has 33 heavy (non-hydrogen) atoms. The third-order valence-electron chi connectivity index (χ3n) is 6.24. The normalized spacial score (nSPS) is 11.4. The van der Waals surface area contributed by atoms with Crippen molar-refractivity contribution in [3.05, 3.63) is 103 Å². The Morgan fingerprint density at radius 1 is 0.727 bits per heavy atom. The summed E-state index contributed by atoms with van der Waals surface area (Å²) in [6.45, 7) is 3.12. The molecule has 0 bridgehead atoms. The second-order valence-corrected chi connectivity index (χ2v) is 8.19. The Hall–Kier alpha value is -4.25. The quantitative estimate of drug-likeness (QED) is 0.340. The smallest absolute Gasteiger partial charge is 0.160 e. The molecule has 6 rings (SSSR count). The lowest BCUT2D eigenvalue weighted by Gasteiger charge is -2.12. The van der Waals surface area contributed by atoms with E-state index in [2.05, 4.69) is 92.7 Å². The number of aromatic nitrogens is 4. The number of hydrogen-bond donors (Lipinski definition) is 1. The molecular weight excluding hydrogens is 406 g/mol. The summed E-state index contributed by atoms with van der Waals surface area (Å²) in [6.07, 6.45) is 4.35. The molecule has 0 aliphatic heterocycles. The molecule has 0 unspecified atom stereocenters. The summed E-state index contributed by atoms with van der Waals surface area (Å²) in [5.41, 5.74) is 5.64. The van der Waals surface area contributed by atoms with Crippen molar-refractivity contribution in [1.29, 1.82) is 0 Å². The molecule has 1 N–H and O–H groups in total. The SMILES string of the molecule is CCn1c2ccccc2c2cc(Nc3nnc(Cc4ccncc4)c4ccccc34)ccc21. The van der Waals surface area contributed by atoms with Gasteiger partial charge in [-0.2, -0.15) is 5.10 Å². The molecule has 5 heteroatoms. The number of anilines is 2. The lowest BCUT2D eigenvalue weighted by atomic mass is 10.0. The molecule has 5 nitrogen and oxygen atoms in total. The van der Waals surface area contributed by atoms with Crippen LogP contribution >= 0.6 is 0 Å². The number of para-hydroxylation sites is 1. The number of rotatable bonds is 5. The monoisotopic (exact) mass is 429 g/mol. The summed E-state index contributed by atoms with van der Waals surface area (Å²) in [6, 6.07) is 27.4. The van der Waals surface area contributed by atoms with Crippen LogP contribution in [0.15, 0.2) is 91.3 Å². The van der Waals surface area contributed by atoms with E-state index in [4.69, 9.17) is 0 Å². The molecule has 3 aromatic heterocycles. The van der Waals surface area contributed by atoms with Crippen molar-refractivity contribution in [1.82, 2.24) is 19.7 Å². The fourth-order valence-corrected chi connectivity index (χ4v) is 4.69. The summed E-state index contributed by atoms with van der Waals surface area (Å²) < 4.78 is 2.36. The summed E-state index contributed by atoms with van der Waals surface area (Å²) in [7, 11) is 0. The van der Waals surface area contributed by atoms with Crippen LogP contribution in [0.1, 0.15) is 18.2 Å². The minimum Gasteiger partial charge on any atom is -0.341 e. The summed E-state index contributed by atoms with van der Waals surface area (Å²) >= 11 is 0. The zero-order valence-electron chi connectivity index (χ0n) is 18.4. The minimum absolute atomic E-state index is 0.721. The van der Waals surface area contributed by atoms with E-state index < -0.39 is 0 Å². The number of nitrogens with zero attached hydrogens (tertiary/aromatic N) is 4. The van der Waals surface area contributed by atoms with Gasteiger partial charge in [0.15, 0.2) is 5.82 Å².